The number of benzene rings is 1. The van der Waals surface area contributed by atoms with E-state index in [0.717, 1.165) is 35.0 Å². The van der Waals surface area contributed by atoms with E-state index in [-0.39, 0.29) is 0 Å². The van der Waals surface area contributed by atoms with Gasteiger partial charge in [0.15, 0.2) is 5.82 Å². The van der Waals surface area contributed by atoms with Crippen LogP contribution >= 0.6 is 0 Å². The van der Waals surface area contributed by atoms with Gasteiger partial charge in [0.1, 0.15) is 5.82 Å². The van der Waals surface area contributed by atoms with Gasteiger partial charge in [0.05, 0.1) is 0 Å². The van der Waals surface area contributed by atoms with Crippen LogP contribution in [0.3, 0.4) is 0 Å². The second-order valence-corrected chi connectivity index (χ2v) is 5.25. The van der Waals surface area contributed by atoms with Crippen LogP contribution in [-0.4, -0.2) is 9.97 Å². The molecule has 1 aliphatic carbocycles. The molecule has 0 amide bonds. The van der Waals surface area contributed by atoms with Crippen molar-refractivity contribution >= 4 is 5.82 Å². The highest BCUT2D eigenvalue weighted by molar-refractivity contribution is 5.60. The first-order valence-corrected chi connectivity index (χ1v) is 6.92. The van der Waals surface area contributed by atoms with Crippen molar-refractivity contribution in [3.8, 4) is 11.4 Å². The second-order valence-electron chi connectivity index (χ2n) is 5.25. The molecule has 3 rings (SSSR count). The van der Waals surface area contributed by atoms with Gasteiger partial charge in [-0.2, -0.15) is 0 Å². The van der Waals surface area contributed by atoms with Crippen LogP contribution in [0.25, 0.3) is 11.4 Å². The Kier molecular flexibility index (Phi) is 2.97. The van der Waals surface area contributed by atoms with Gasteiger partial charge in [-0.1, -0.05) is 25.1 Å². The molecule has 1 heterocycles. The number of nitrogens with zero attached hydrogens (tertiary/aromatic N) is 2. The van der Waals surface area contributed by atoms with E-state index in [9.17, 15) is 0 Å². The number of anilines is 1. The predicted octanol–water partition coefficient (Wildman–Crippen LogP) is 3.47. The number of rotatable bonds is 3. The summed E-state index contributed by atoms with van der Waals surface area (Å²) in [6.45, 7) is 4.08. The molecule has 98 valence electrons. The van der Waals surface area contributed by atoms with Crippen LogP contribution in [0.4, 0.5) is 5.82 Å². The Bertz CT molecular complexity index is 592. The summed E-state index contributed by atoms with van der Waals surface area (Å²) >= 11 is 0. The Morgan fingerprint density at radius 1 is 1.26 bits per heavy atom. The maximum Gasteiger partial charge on any atom is 0.161 e. The van der Waals surface area contributed by atoms with E-state index in [1.165, 1.54) is 18.4 Å². The lowest BCUT2D eigenvalue weighted by Gasteiger charge is -2.09. The topological polar surface area (TPSA) is 51.8 Å². The fourth-order valence-corrected chi connectivity index (χ4v) is 2.53. The van der Waals surface area contributed by atoms with Gasteiger partial charge in [0.25, 0.3) is 0 Å². The maximum absolute atomic E-state index is 6.03. The molecule has 2 aromatic rings. The molecule has 0 aliphatic heterocycles. The van der Waals surface area contributed by atoms with E-state index in [2.05, 4.69) is 41.2 Å². The predicted molar refractivity (Wildman–Crippen MR) is 78.0 cm³/mol. The number of hydrogen-bond donors (Lipinski definition) is 1. The van der Waals surface area contributed by atoms with Gasteiger partial charge in [0.2, 0.25) is 0 Å². The monoisotopic (exact) mass is 253 g/mol. The van der Waals surface area contributed by atoms with Crippen LogP contribution in [0.5, 0.6) is 0 Å². The largest absolute Gasteiger partial charge is 0.383 e. The molecule has 0 bridgehead atoms. The first-order valence-electron chi connectivity index (χ1n) is 6.92. The summed E-state index contributed by atoms with van der Waals surface area (Å²) in [5.41, 5.74) is 10.5. The van der Waals surface area contributed by atoms with E-state index < -0.39 is 0 Å². The minimum atomic E-state index is 0.613. The Morgan fingerprint density at radius 2 is 2.05 bits per heavy atom. The van der Waals surface area contributed by atoms with Crippen molar-refractivity contribution < 1.29 is 0 Å². The van der Waals surface area contributed by atoms with Gasteiger partial charge in [-0.3, -0.25) is 0 Å². The summed E-state index contributed by atoms with van der Waals surface area (Å²) in [5.74, 6) is 2.10. The molecule has 3 nitrogen and oxygen atoms in total. The molecule has 1 saturated carbocycles. The second kappa shape index (κ2) is 4.65. The Morgan fingerprint density at radius 3 is 2.68 bits per heavy atom. The van der Waals surface area contributed by atoms with E-state index in [1.54, 1.807) is 0 Å². The molecule has 1 aromatic carbocycles. The molecule has 0 spiro atoms. The Balaban J connectivity index is 2.04. The van der Waals surface area contributed by atoms with Gasteiger partial charge in [-0.25, -0.2) is 9.97 Å². The third-order valence-corrected chi connectivity index (χ3v) is 3.79. The van der Waals surface area contributed by atoms with E-state index >= 15 is 0 Å². The Labute approximate surface area is 113 Å². The van der Waals surface area contributed by atoms with E-state index in [0.29, 0.717) is 5.82 Å². The quantitative estimate of drug-likeness (QED) is 0.911. The highest BCUT2D eigenvalue weighted by atomic mass is 15.0. The van der Waals surface area contributed by atoms with E-state index in [1.807, 2.05) is 6.92 Å². The van der Waals surface area contributed by atoms with Crippen LogP contribution in [0, 0.1) is 6.92 Å². The molecule has 0 atom stereocenters. The number of aromatic nitrogens is 2. The smallest absolute Gasteiger partial charge is 0.161 e. The summed E-state index contributed by atoms with van der Waals surface area (Å²) in [5, 5.41) is 0. The fourth-order valence-electron chi connectivity index (χ4n) is 2.53. The standard InChI is InChI=1S/C16H19N3/c1-3-14-10(2)18-16(19-15(14)17)13-6-4-5-12(9-13)11-7-8-11/h4-6,9,11H,3,7-8H2,1-2H3,(H2,17,18,19). The number of hydrogen-bond acceptors (Lipinski definition) is 3. The fraction of sp³-hybridized carbons (Fsp3) is 0.375. The van der Waals surface area contributed by atoms with E-state index in [4.69, 9.17) is 5.73 Å². The molecule has 0 unspecified atom stereocenters. The zero-order chi connectivity index (χ0) is 13.4. The van der Waals surface area contributed by atoms with Crippen molar-refractivity contribution in [1.82, 2.24) is 9.97 Å². The molecule has 1 fully saturated rings. The number of aryl methyl sites for hydroxylation is 1. The van der Waals surface area contributed by atoms with Crippen LogP contribution in [0.2, 0.25) is 0 Å². The lowest BCUT2D eigenvalue weighted by Crippen LogP contribution is -2.04. The molecular formula is C16H19N3. The summed E-state index contributed by atoms with van der Waals surface area (Å²) < 4.78 is 0. The first-order chi connectivity index (χ1) is 9.19. The molecule has 19 heavy (non-hydrogen) atoms. The molecule has 2 N–H and O–H groups in total. The van der Waals surface area contributed by atoms with Crippen LogP contribution in [0.1, 0.15) is 42.5 Å². The zero-order valence-corrected chi connectivity index (χ0v) is 11.5. The summed E-state index contributed by atoms with van der Waals surface area (Å²) in [6.07, 6.45) is 3.49. The molecular weight excluding hydrogens is 234 g/mol. The van der Waals surface area contributed by atoms with Crippen LogP contribution < -0.4 is 5.73 Å². The minimum Gasteiger partial charge on any atom is -0.383 e. The molecule has 1 aromatic heterocycles. The molecule has 3 heteroatoms. The summed E-state index contributed by atoms with van der Waals surface area (Å²) in [4.78, 5) is 9.07. The molecule has 0 saturated heterocycles. The zero-order valence-electron chi connectivity index (χ0n) is 11.5. The van der Waals surface area contributed by atoms with Gasteiger partial charge in [-0.05, 0) is 43.7 Å². The third-order valence-electron chi connectivity index (χ3n) is 3.79. The first kappa shape index (κ1) is 12.2. The maximum atomic E-state index is 6.03. The van der Waals surface area contributed by atoms with Crippen molar-refractivity contribution in [2.24, 2.45) is 0 Å². The number of nitrogens with two attached hydrogens (primary N) is 1. The summed E-state index contributed by atoms with van der Waals surface area (Å²) in [7, 11) is 0. The van der Waals surface area contributed by atoms with Gasteiger partial charge < -0.3 is 5.73 Å². The third kappa shape index (κ3) is 2.33. The summed E-state index contributed by atoms with van der Waals surface area (Å²) in [6, 6.07) is 8.55. The highest BCUT2D eigenvalue weighted by Crippen LogP contribution is 2.40. The molecule has 0 radical (unpaired) electrons. The van der Waals surface area contributed by atoms with Crippen LogP contribution in [-0.2, 0) is 6.42 Å². The normalized spacial score (nSPS) is 14.6. The van der Waals surface area contributed by atoms with Gasteiger partial charge in [0, 0.05) is 16.8 Å². The minimum absolute atomic E-state index is 0.613. The van der Waals surface area contributed by atoms with Crippen LogP contribution in [0.15, 0.2) is 24.3 Å². The average molecular weight is 253 g/mol. The lowest BCUT2D eigenvalue weighted by molar-refractivity contribution is 1.01. The van der Waals surface area contributed by atoms with Crippen molar-refractivity contribution in [2.75, 3.05) is 5.73 Å². The molecule has 1 aliphatic rings. The Hall–Kier alpha value is -1.90. The van der Waals surface area contributed by atoms with Crippen molar-refractivity contribution in [3.05, 3.63) is 41.1 Å². The van der Waals surface area contributed by atoms with Crippen molar-refractivity contribution in [2.45, 2.75) is 39.0 Å². The highest BCUT2D eigenvalue weighted by Gasteiger charge is 2.23. The lowest BCUT2D eigenvalue weighted by atomic mass is 10.1. The van der Waals surface area contributed by atoms with Gasteiger partial charge >= 0.3 is 0 Å². The SMILES string of the molecule is CCc1c(C)nc(-c2cccc(C3CC3)c2)nc1N. The van der Waals surface area contributed by atoms with Crippen molar-refractivity contribution in [1.29, 1.82) is 0 Å². The average Bonchev–Trinajstić information content (AvgIpc) is 3.23. The van der Waals surface area contributed by atoms with Crippen molar-refractivity contribution in [3.63, 3.8) is 0 Å². The number of nitrogen functional groups attached to an aromatic ring is 1. The van der Waals surface area contributed by atoms with Gasteiger partial charge in [-0.15, -0.1) is 0 Å².